The molecule has 3 heterocycles. The number of aromatic nitrogens is 2. The van der Waals surface area contributed by atoms with Crippen LogP contribution in [0.15, 0.2) is 41.2 Å². The van der Waals surface area contributed by atoms with Gasteiger partial charge in [0, 0.05) is 18.0 Å². The van der Waals surface area contributed by atoms with E-state index in [1.165, 1.54) is 17.4 Å². The number of hydrogen-bond acceptors (Lipinski definition) is 7. The zero-order valence-electron chi connectivity index (χ0n) is 21.4. The number of anilines is 1. The van der Waals surface area contributed by atoms with E-state index >= 15 is 0 Å². The van der Waals surface area contributed by atoms with Crippen molar-refractivity contribution in [1.29, 1.82) is 0 Å². The number of rotatable bonds is 6. The Morgan fingerprint density at radius 2 is 1.90 bits per heavy atom. The summed E-state index contributed by atoms with van der Waals surface area (Å²) in [5, 5.41) is 8.69. The number of aryl methyl sites for hydroxylation is 2. The Kier molecular flexibility index (Phi) is 6.54. The molecule has 3 amide bonds. The quantitative estimate of drug-likeness (QED) is 0.285. The second-order valence-electron chi connectivity index (χ2n) is 9.78. The van der Waals surface area contributed by atoms with Crippen molar-refractivity contribution >= 4 is 45.0 Å². The largest absolute Gasteiger partial charge is 0.482 e. The van der Waals surface area contributed by atoms with Gasteiger partial charge in [-0.3, -0.25) is 19.2 Å². The minimum absolute atomic E-state index is 0.0438. The number of halogens is 1. The number of ether oxygens (including phenoxy) is 1. The van der Waals surface area contributed by atoms with Crippen LogP contribution in [0, 0.1) is 12.7 Å². The van der Waals surface area contributed by atoms with Crippen molar-refractivity contribution in [3.05, 3.63) is 85.5 Å². The lowest BCUT2D eigenvalue weighted by atomic mass is 10.00. The third-order valence-electron chi connectivity index (χ3n) is 7.03. The maximum Gasteiger partial charge on any atom is 0.287 e. The Hall–Kier alpha value is -4.58. The SMILES string of the molecule is Cc1cc(CNC(=O)C2CCc3sc4nc(C(=O)NCc5ccc6c(c5)NC(=O)CO6)[nH]c(=O)c4c32)ccc1F. The van der Waals surface area contributed by atoms with Gasteiger partial charge in [0.25, 0.3) is 17.4 Å². The molecule has 1 aliphatic heterocycles. The molecular formula is C28H24FN5O5S. The number of aromatic amines is 1. The lowest BCUT2D eigenvalue weighted by molar-refractivity contribution is -0.122. The first kappa shape index (κ1) is 25.7. The molecule has 1 atom stereocenters. The number of nitrogens with zero attached hydrogens (tertiary/aromatic N) is 1. The van der Waals surface area contributed by atoms with E-state index in [9.17, 15) is 23.6 Å². The number of hydrogen-bond donors (Lipinski definition) is 4. The molecule has 10 nitrogen and oxygen atoms in total. The van der Waals surface area contributed by atoms with Crippen LogP contribution in [0.4, 0.5) is 10.1 Å². The molecule has 2 aliphatic rings. The van der Waals surface area contributed by atoms with Crippen LogP contribution in [0.2, 0.25) is 0 Å². The first-order chi connectivity index (χ1) is 19.3. The fourth-order valence-electron chi connectivity index (χ4n) is 5.05. The summed E-state index contributed by atoms with van der Waals surface area (Å²) in [5.74, 6) is -1.42. The molecule has 0 radical (unpaired) electrons. The number of amides is 3. The van der Waals surface area contributed by atoms with Crippen LogP contribution < -0.4 is 26.2 Å². The van der Waals surface area contributed by atoms with Crippen molar-refractivity contribution in [3.8, 4) is 5.75 Å². The lowest BCUT2D eigenvalue weighted by Gasteiger charge is -2.18. The summed E-state index contributed by atoms with van der Waals surface area (Å²) >= 11 is 1.31. The zero-order chi connectivity index (χ0) is 28.0. The van der Waals surface area contributed by atoms with Gasteiger partial charge in [0.1, 0.15) is 16.4 Å². The zero-order valence-corrected chi connectivity index (χ0v) is 22.2. The molecule has 6 rings (SSSR count). The standard InChI is InChI=1S/C28H24FN5O5S/c1-13-8-14(2-5-17(13)29)10-30-25(36)16-4-7-20-22(16)23-26(37)33-24(34-28(23)40-20)27(38)31-11-15-3-6-19-18(9-15)32-21(35)12-39-19/h2-3,5-6,8-9,16H,4,7,10-12H2,1H3,(H,30,36)(H,31,38)(H,32,35)(H,33,34,37). The van der Waals surface area contributed by atoms with Crippen LogP contribution in [0.1, 0.15) is 50.1 Å². The minimum Gasteiger partial charge on any atom is -0.482 e. The van der Waals surface area contributed by atoms with Crippen LogP contribution >= 0.6 is 11.3 Å². The van der Waals surface area contributed by atoms with Crippen molar-refractivity contribution in [2.45, 2.75) is 38.8 Å². The number of carbonyl (C=O) groups excluding carboxylic acids is 3. The molecule has 4 aromatic rings. The Balaban J connectivity index is 1.17. The molecule has 12 heteroatoms. The molecule has 1 aliphatic carbocycles. The maximum atomic E-state index is 13.6. The smallest absolute Gasteiger partial charge is 0.287 e. The van der Waals surface area contributed by atoms with Crippen molar-refractivity contribution in [2.75, 3.05) is 11.9 Å². The van der Waals surface area contributed by atoms with E-state index < -0.39 is 17.4 Å². The third kappa shape index (κ3) is 4.81. The Bertz CT molecular complexity index is 1760. The minimum atomic E-state index is -0.561. The van der Waals surface area contributed by atoms with Gasteiger partial charge < -0.3 is 25.7 Å². The number of benzene rings is 2. The molecular weight excluding hydrogens is 537 g/mol. The summed E-state index contributed by atoms with van der Waals surface area (Å²) in [6, 6.07) is 9.87. The van der Waals surface area contributed by atoms with Gasteiger partial charge in [0.15, 0.2) is 6.61 Å². The lowest BCUT2D eigenvalue weighted by Crippen LogP contribution is -2.29. The van der Waals surface area contributed by atoms with Crippen molar-refractivity contribution in [1.82, 2.24) is 20.6 Å². The van der Waals surface area contributed by atoms with Gasteiger partial charge in [-0.25, -0.2) is 9.37 Å². The first-order valence-corrected chi connectivity index (χ1v) is 13.5. The molecule has 4 N–H and O–H groups in total. The Morgan fingerprint density at radius 1 is 1.12 bits per heavy atom. The highest BCUT2D eigenvalue weighted by Gasteiger charge is 2.34. The summed E-state index contributed by atoms with van der Waals surface area (Å²) in [6.45, 7) is 2.01. The molecule has 0 saturated heterocycles. The average molecular weight is 562 g/mol. The van der Waals surface area contributed by atoms with Crippen LogP contribution in [0.25, 0.3) is 10.2 Å². The normalized spacial score (nSPS) is 15.7. The topological polar surface area (TPSA) is 142 Å². The van der Waals surface area contributed by atoms with E-state index in [-0.39, 0.29) is 43.2 Å². The molecule has 0 saturated carbocycles. The predicted octanol–water partition coefficient (Wildman–Crippen LogP) is 3.04. The number of H-pyrrole nitrogens is 1. The van der Waals surface area contributed by atoms with Crippen molar-refractivity contribution in [2.24, 2.45) is 0 Å². The highest BCUT2D eigenvalue weighted by molar-refractivity contribution is 7.18. The molecule has 2 aromatic carbocycles. The molecule has 1 unspecified atom stereocenters. The van der Waals surface area contributed by atoms with Crippen LogP contribution in [-0.4, -0.2) is 34.3 Å². The third-order valence-corrected chi connectivity index (χ3v) is 8.19. The molecule has 2 aromatic heterocycles. The van der Waals surface area contributed by atoms with Crippen LogP contribution in [-0.2, 0) is 29.1 Å². The van der Waals surface area contributed by atoms with E-state index in [4.69, 9.17) is 4.74 Å². The summed E-state index contributed by atoms with van der Waals surface area (Å²) in [6.07, 6.45) is 1.20. The highest BCUT2D eigenvalue weighted by atomic mass is 32.1. The second kappa shape index (κ2) is 10.2. The van der Waals surface area contributed by atoms with Crippen molar-refractivity contribution in [3.63, 3.8) is 0 Å². The number of nitrogens with one attached hydrogen (secondary N) is 4. The van der Waals surface area contributed by atoms with E-state index in [1.807, 2.05) is 0 Å². The van der Waals surface area contributed by atoms with Gasteiger partial charge in [-0.1, -0.05) is 18.2 Å². The predicted molar refractivity (Wildman–Crippen MR) is 146 cm³/mol. The Labute approximate surface area is 231 Å². The average Bonchev–Trinajstić information content (AvgIpc) is 3.51. The van der Waals surface area contributed by atoms with Gasteiger partial charge in [-0.2, -0.15) is 0 Å². The number of fused-ring (bicyclic) bond motifs is 4. The van der Waals surface area contributed by atoms with E-state index in [0.29, 0.717) is 45.6 Å². The fourth-order valence-corrected chi connectivity index (χ4v) is 6.30. The fraction of sp³-hybridized carbons (Fsp3) is 0.250. The monoisotopic (exact) mass is 561 g/mol. The molecule has 40 heavy (non-hydrogen) atoms. The maximum absolute atomic E-state index is 13.6. The van der Waals surface area contributed by atoms with Gasteiger partial charge >= 0.3 is 0 Å². The summed E-state index contributed by atoms with van der Waals surface area (Å²) in [4.78, 5) is 58.9. The summed E-state index contributed by atoms with van der Waals surface area (Å²) in [5.41, 5.74) is 2.71. The summed E-state index contributed by atoms with van der Waals surface area (Å²) in [7, 11) is 0. The molecule has 0 spiro atoms. The van der Waals surface area contributed by atoms with Gasteiger partial charge in [0.05, 0.1) is 17.0 Å². The van der Waals surface area contributed by atoms with Gasteiger partial charge in [-0.15, -0.1) is 11.3 Å². The van der Waals surface area contributed by atoms with Crippen molar-refractivity contribution < 1.29 is 23.5 Å². The van der Waals surface area contributed by atoms with E-state index in [2.05, 4.69) is 25.9 Å². The number of carbonyl (C=O) groups is 3. The number of thiophene rings is 1. The van der Waals surface area contributed by atoms with Gasteiger partial charge in [0.2, 0.25) is 11.7 Å². The Morgan fingerprint density at radius 3 is 2.73 bits per heavy atom. The van der Waals surface area contributed by atoms with Crippen LogP contribution in [0.3, 0.4) is 0 Å². The first-order valence-electron chi connectivity index (χ1n) is 12.7. The van der Waals surface area contributed by atoms with E-state index in [1.54, 1.807) is 37.3 Å². The molecule has 0 fully saturated rings. The van der Waals surface area contributed by atoms with Crippen LogP contribution in [0.5, 0.6) is 5.75 Å². The highest BCUT2D eigenvalue weighted by Crippen LogP contribution is 2.42. The molecule has 204 valence electrons. The second-order valence-corrected chi connectivity index (χ2v) is 10.9. The van der Waals surface area contributed by atoms with Gasteiger partial charge in [-0.05, 0) is 60.2 Å². The summed E-state index contributed by atoms with van der Waals surface area (Å²) < 4.78 is 18.9. The van der Waals surface area contributed by atoms with E-state index in [0.717, 1.165) is 16.0 Å². The molecule has 0 bridgehead atoms.